The fourth-order valence-electron chi connectivity index (χ4n) is 1.95. The van der Waals surface area contributed by atoms with Crippen LogP contribution in [0.3, 0.4) is 0 Å². The fraction of sp³-hybridized carbons (Fsp3) is 0.333. The first-order valence-electron chi connectivity index (χ1n) is 6.44. The fourth-order valence-corrected chi connectivity index (χ4v) is 1.95. The zero-order valence-electron chi connectivity index (χ0n) is 10.6. The van der Waals surface area contributed by atoms with Crippen molar-refractivity contribution in [1.29, 1.82) is 0 Å². The summed E-state index contributed by atoms with van der Waals surface area (Å²) in [5.41, 5.74) is 1.37. The number of rotatable bonds is 5. The molecule has 1 saturated carbocycles. The number of benzene rings is 1. The minimum atomic E-state index is -0.984. The average Bonchev–Trinajstić information content (AvgIpc) is 2.35. The Morgan fingerprint density at radius 3 is 2.47 bits per heavy atom. The summed E-state index contributed by atoms with van der Waals surface area (Å²) in [7, 11) is 0. The second-order valence-electron chi connectivity index (χ2n) is 4.80. The van der Waals surface area contributed by atoms with Crippen LogP contribution in [0.2, 0.25) is 0 Å². The van der Waals surface area contributed by atoms with Crippen molar-refractivity contribution in [3.63, 3.8) is 0 Å². The lowest BCUT2D eigenvalue weighted by atomic mass is 9.85. The largest absolute Gasteiger partial charge is 0.478 e. The summed E-state index contributed by atoms with van der Waals surface area (Å²) in [6.45, 7) is 0.750. The van der Waals surface area contributed by atoms with Gasteiger partial charge in [-0.15, -0.1) is 0 Å². The Bertz CT molecular complexity index is 487. The molecule has 0 spiro atoms. The molecule has 2 rings (SSSR count). The van der Waals surface area contributed by atoms with E-state index in [4.69, 9.17) is 5.11 Å². The van der Waals surface area contributed by atoms with Crippen molar-refractivity contribution in [2.24, 2.45) is 5.92 Å². The number of carboxylic acids is 1. The van der Waals surface area contributed by atoms with Crippen molar-refractivity contribution < 1.29 is 14.7 Å². The summed E-state index contributed by atoms with van der Waals surface area (Å²) in [6, 6.07) is 6.88. The summed E-state index contributed by atoms with van der Waals surface area (Å²) in [6.07, 6.45) is 6.26. The molecular formula is C15H17NO3. The maximum Gasteiger partial charge on any atom is 0.328 e. The van der Waals surface area contributed by atoms with Crippen LogP contribution in [0, 0.1) is 5.92 Å². The molecule has 1 fully saturated rings. The van der Waals surface area contributed by atoms with Crippen LogP contribution in [0.5, 0.6) is 0 Å². The molecule has 4 nitrogen and oxygen atoms in total. The Balaban J connectivity index is 1.89. The van der Waals surface area contributed by atoms with Gasteiger partial charge in [0.15, 0.2) is 0 Å². The number of carbonyl (C=O) groups is 2. The summed E-state index contributed by atoms with van der Waals surface area (Å²) in [4.78, 5) is 22.2. The Hall–Kier alpha value is -2.10. The van der Waals surface area contributed by atoms with Crippen molar-refractivity contribution in [1.82, 2.24) is 5.32 Å². The van der Waals surface area contributed by atoms with Crippen molar-refractivity contribution in [3.05, 3.63) is 41.5 Å². The standard InChI is InChI=1S/C15H17NO3/c17-14(18)9-6-11-4-7-13(8-5-11)15(19)16-10-12-2-1-3-12/h4-9,12H,1-3,10H2,(H,16,19)(H,17,18). The van der Waals surface area contributed by atoms with Gasteiger partial charge < -0.3 is 10.4 Å². The quantitative estimate of drug-likeness (QED) is 0.797. The summed E-state index contributed by atoms with van der Waals surface area (Å²) >= 11 is 0. The minimum Gasteiger partial charge on any atom is -0.478 e. The molecular weight excluding hydrogens is 242 g/mol. The van der Waals surface area contributed by atoms with Gasteiger partial charge in [0.05, 0.1) is 0 Å². The van der Waals surface area contributed by atoms with Gasteiger partial charge in [-0.1, -0.05) is 18.6 Å². The van der Waals surface area contributed by atoms with Gasteiger partial charge in [0.25, 0.3) is 5.91 Å². The average molecular weight is 259 g/mol. The molecule has 19 heavy (non-hydrogen) atoms. The number of aliphatic carboxylic acids is 1. The van der Waals surface area contributed by atoms with E-state index < -0.39 is 5.97 Å². The molecule has 0 atom stereocenters. The first-order valence-corrected chi connectivity index (χ1v) is 6.44. The molecule has 1 aromatic carbocycles. The van der Waals surface area contributed by atoms with Gasteiger partial charge >= 0.3 is 5.97 Å². The Morgan fingerprint density at radius 1 is 1.26 bits per heavy atom. The van der Waals surface area contributed by atoms with Crippen LogP contribution in [0.15, 0.2) is 30.3 Å². The van der Waals surface area contributed by atoms with Gasteiger partial charge in [-0.3, -0.25) is 4.79 Å². The molecule has 0 aromatic heterocycles. The van der Waals surface area contributed by atoms with Crippen LogP contribution in [0.1, 0.15) is 35.2 Å². The summed E-state index contributed by atoms with van der Waals surface area (Å²) in [5.74, 6) is -0.412. The highest BCUT2D eigenvalue weighted by Gasteiger charge is 2.18. The Labute approximate surface area is 112 Å². The van der Waals surface area contributed by atoms with E-state index in [0.717, 1.165) is 18.2 Å². The van der Waals surface area contributed by atoms with Crippen LogP contribution in [-0.4, -0.2) is 23.5 Å². The third-order valence-electron chi connectivity index (χ3n) is 3.37. The molecule has 1 aliphatic rings. The zero-order valence-corrected chi connectivity index (χ0v) is 10.6. The monoisotopic (exact) mass is 259 g/mol. The third kappa shape index (κ3) is 3.95. The number of carbonyl (C=O) groups excluding carboxylic acids is 1. The van der Waals surface area contributed by atoms with Crippen LogP contribution in [-0.2, 0) is 4.79 Å². The van der Waals surface area contributed by atoms with Crippen molar-refractivity contribution in [2.45, 2.75) is 19.3 Å². The summed E-state index contributed by atoms with van der Waals surface area (Å²) in [5, 5.41) is 11.4. The normalized spacial score (nSPS) is 15.2. The van der Waals surface area contributed by atoms with Crippen LogP contribution >= 0.6 is 0 Å². The third-order valence-corrected chi connectivity index (χ3v) is 3.37. The first kappa shape index (κ1) is 13.3. The smallest absolute Gasteiger partial charge is 0.328 e. The predicted molar refractivity (Wildman–Crippen MR) is 72.8 cm³/mol. The highest BCUT2D eigenvalue weighted by Crippen LogP contribution is 2.25. The molecule has 4 heteroatoms. The van der Waals surface area contributed by atoms with E-state index in [1.54, 1.807) is 24.3 Å². The number of carboxylic acid groups (broad SMARTS) is 1. The van der Waals surface area contributed by atoms with Gasteiger partial charge in [0.1, 0.15) is 0 Å². The predicted octanol–water partition coefficient (Wildman–Crippen LogP) is 2.31. The molecule has 1 amide bonds. The summed E-state index contributed by atoms with van der Waals surface area (Å²) < 4.78 is 0. The Morgan fingerprint density at radius 2 is 1.95 bits per heavy atom. The van der Waals surface area contributed by atoms with E-state index >= 15 is 0 Å². The van der Waals surface area contributed by atoms with Crippen molar-refractivity contribution >= 4 is 18.0 Å². The number of nitrogens with one attached hydrogen (secondary N) is 1. The van der Waals surface area contributed by atoms with Gasteiger partial charge in [-0.05, 0) is 42.5 Å². The van der Waals surface area contributed by atoms with Crippen LogP contribution < -0.4 is 5.32 Å². The van der Waals surface area contributed by atoms with E-state index in [9.17, 15) is 9.59 Å². The molecule has 0 saturated heterocycles. The zero-order chi connectivity index (χ0) is 13.7. The molecule has 0 unspecified atom stereocenters. The SMILES string of the molecule is O=C(O)C=Cc1ccc(C(=O)NCC2CCC2)cc1. The maximum absolute atomic E-state index is 11.8. The molecule has 0 bridgehead atoms. The lowest BCUT2D eigenvalue weighted by molar-refractivity contribution is -0.131. The number of hydrogen-bond acceptors (Lipinski definition) is 2. The van der Waals surface area contributed by atoms with Crippen LogP contribution in [0.25, 0.3) is 6.08 Å². The number of hydrogen-bond donors (Lipinski definition) is 2. The van der Waals surface area contributed by atoms with E-state index in [0.29, 0.717) is 11.5 Å². The molecule has 0 heterocycles. The Kier molecular flexibility index (Phi) is 4.34. The van der Waals surface area contributed by atoms with Crippen LogP contribution in [0.4, 0.5) is 0 Å². The van der Waals surface area contributed by atoms with Crippen molar-refractivity contribution in [2.75, 3.05) is 6.54 Å². The second-order valence-corrected chi connectivity index (χ2v) is 4.80. The molecule has 2 N–H and O–H groups in total. The molecule has 1 aliphatic carbocycles. The van der Waals surface area contributed by atoms with E-state index in [1.807, 2.05) is 0 Å². The molecule has 100 valence electrons. The van der Waals surface area contributed by atoms with E-state index in [-0.39, 0.29) is 5.91 Å². The highest BCUT2D eigenvalue weighted by molar-refractivity contribution is 5.94. The minimum absolute atomic E-state index is 0.0688. The van der Waals surface area contributed by atoms with Gasteiger partial charge in [0, 0.05) is 18.2 Å². The maximum atomic E-state index is 11.8. The lowest BCUT2D eigenvalue weighted by Crippen LogP contribution is -2.32. The first-order chi connectivity index (χ1) is 9.15. The molecule has 0 radical (unpaired) electrons. The van der Waals surface area contributed by atoms with Gasteiger partial charge in [-0.25, -0.2) is 4.79 Å². The van der Waals surface area contributed by atoms with E-state index in [1.165, 1.54) is 25.3 Å². The second kappa shape index (κ2) is 6.18. The lowest BCUT2D eigenvalue weighted by Gasteiger charge is -2.25. The van der Waals surface area contributed by atoms with Gasteiger partial charge in [0.2, 0.25) is 0 Å². The highest BCUT2D eigenvalue weighted by atomic mass is 16.4. The molecule has 0 aliphatic heterocycles. The van der Waals surface area contributed by atoms with Crippen molar-refractivity contribution in [3.8, 4) is 0 Å². The van der Waals surface area contributed by atoms with E-state index in [2.05, 4.69) is 5.32 Å². The topological polar surface area (TPSA) is 66.4 Å². The number of amides is 1. The molecule has 1 aromatic rings. The van der Waals surface area contributed by atoms with Gasteiger partial charge in [-0.2, -0.15) is 0 Å².